The van der Waals surface area contributed by atoms with E-state index in [-0.39, 0.29) is 18.5 Å². The van der Waals surface area contributed by atoms with E-state index in [1.165, 1.54) is 57.8 Å². The van der Waals surface area contributed by atoms with Gasteiger partial charge >= 0.3 is 5.97 Å². The molecule has 2 aliphatic heterocycles. The summed E-state index contributed by atoms with van der Waals surface area (Å²) in [5.74, 6) is 0.696. The minimum atomic E-state index is -0.292. The molecule has 2 aliphatic rings. The van der Waals surface area contributed by atoms with Crippen LogP contribution < -0.4 is 0 Å². The summed E-state index contributed by atoms with van der Waals surface area (Å²) >= 11 is 0. The van der Waals surface area contributed by atoms with Crippen molar-refractivity contribution >= 4 is 5.97 Å². The second-order valence-corrected chi connectivity index (χ2v) is 11.1. The van der Waals surface area contributed by atoms with Gasteiger partial charge in [-0.3, -0.25) is 0 Å². The van der Waals surface area contributed by atoms with Crippen molar-refractivity contribution in [2.75, 3.05) is 33.0 Å². The molecule has 3 rings (SSSR count). The maximum atomic E-state index is 11.3. The molecular weight excluding hydrogens is 480 g/mol. The first-order valence-electron chi connectivity index (χ1n) is 15.0. The smallest absolute Gasteiger partial charge is 0.333 e. The average Bonchev–Trinajstić information content (AvgIpc) is 2.95. The Labute approximate surface area is 230 Å². The van der Waals surface area contributed by atoms with Crippen molar-refractivity contribution < 1.29 is 28.5 Å². The van der Waals surface area contributed by atoms with Gasteiger partial charge in [-0.05, 0) is 26.2 Å². The van der Waals surface area contributed by atoms with E-state index in [1.54, 1.807) is 6.92 Å². The van der Waals surface area contributed by atoms with Gasteiger partial charge in [0.15, 0.2) is 12.6 Å². The third-order valence-corrected chi connectivity index (χ3v) is 7.47. The molecule has 0 spiro atoms. The second-order valence-electron chi connectivity index (χ2n) is 11.1. The molecule has 2 heterocycles. The first-order chi connectivity index (χ1) is 18.6. The molecule has 214 valence electrons. The summed E-state index contributed by atoms with van der Waals surface area (Å²) in [6.07, 6.45) is 13.8. The summed E-state index contributed by atoms with van der Waals surface area (Å²) in [6.45, 7) is 11.1. The van der Waals surface area contributed by atoms with Gasteiger partial charge in [-0.25, -0.2) is 4.79 Å². The lowest BCUT2D eigenvalue weighted by atomic mass is 10.0. The summed E-state index contributed by atoms with van der Waals surface area (Å²) in [5, 5.41) is 0. The molecule has 1 aromatic carbocycles. The summed E-state index contributed by atoms with van der Waals surface area (Å²) in [6, 6.07) is 8.29. The molecule has 38 heavy (non-hydrogen) atoms. The number of hydrogen-bond donors (Lipinski definition) is 0. The van der Waals surface area contributed by atoms with E-state index in [9.17, 15) is 4.79 Å². The summed E-state index contributed by atoms with van der Waals surface area (Å²) < 4.78 is 29.3. The Kier molecular flexibility index (Phi) is 14.4. The Morgan fingerprint density at radius 1 is 0.737 bits per heavy atom. The van der Waals surface area contributed by atoms with Crippen molar-refractivity contribution in [3.63, 3.8) is 0 Å². The first kappa shape index (κ1) is 30.8. The van der Waals surface area contributed by atoms with Gasteiger partial charge in [0.2, 0.25) is 0 Å². The highest BCUT2D eigenvalue weighted by Crippen LogP contribution is 2.31. The Morgan fingerprint density at radius 2 is 1.16 bits per heavy atom. The minimum absolute atomic E-state index is 0.271. The van der Waals surface area contributed by atoms with E-state index in [0.717, 1.165) is 56.8 Å². The van der Waals surface area contributed by atoms with Crippen LogP contribution in [0.25, 0.3) is 0 Å². The fraction of sp³-hybridized carbons (Fsp3) is 0.719. The molecule has 0 amide bonds. The van der Waals surface area contributed by atoms with Crippen LogP contribution in [0.1, 0.15) is 115 Å². The quantitative estimate of drug-likeness (QED) is 0.116. The van der Waals surface area contributed by atoms with E-state index in [4.69, 9.17) is 23.7 Å². The van der Waals surface area contributed by atoms with Crippen LogP contribution in [-0.4, -0.2) is 39.0 Å². The fourth-order valence-corrected chi connectivity index (χ4v) is 5.00. The Morgan fingerprint density at radius 3 is 1.61 bits per heavy atom. The molecule has 2 fully saturated rings. The van der Waals surface area contributed by atoms with Gasteiger partial charge in [0.1, 0.15) is 0 Å². The number of ether oxygens (including phenoxy) is 5. The van der Waals surface area contributed by atoms with Crippen molar-refractivity contribution in [3.8, 4) is 0 Å². The van der Waals surface area contributed by atoms with Crippen molar-refractivity contribution in [1.29, 1.82) is 0 Å². The molecule has 0 N–H and O–H groups in total. The highest BCUT2D eigenvalue weighted by atomic mass is 16.7. The summed E-state index contributed by atoms with van der Waals surface area (Å²) in [5.41, 5.74) is 2.57. The normalized spacial score (nSPS) is 23.7. The molecule has 6 heteroatoms. The van der Waals surface area contributed by atoms with E-state index >= 15 is 0 Å². The van der Waals surface area contributed by atoms with Crippen molar-refractivity contribution in [1.82, 2.24) is 0 Å². The Bertz CT molecular complexity index is 791. The SMILES string of the molecule is C=C(C)C(=O)OCCCCCCCCC1COC(c2ccc(C3OCC(CCCCCC)CO3)cc2)OC1. The lowest BCUT2D eigenvalue weighted by Crippen LogP contribution is -2.28. The molecular formula is C32H50O6. The van der Waals surface area contributed by atoms with Gasteiger partial charge in [-0.1, -0.05) is 95.6 Å². The van der Waals surface area contributed by atoms with E-state index in [0.29, 0.717) is 24.0 Å². The van der Waals surface area contributed by atoms with Gasteiger partial charge < -0.3 is 23.7 Å². The molecule has 0 saturated carbocycles. The predicted molar refractivity (Wildman–Crippen MR) is 150 cm³/mol. The van der Waals surface area contributed by atoms with Gasteiger partial charge in [0.25, 0.3) is 0 Å². The van der Waals surface area contributed by atoms with Crippen molar-refractivity contribution in [3.05, 3.63) is 47.5 Å². The number of carbonyl (C=O) groups excluding carboxylic acids is 1. The predicted octanol–water partition coefficient (Wildman–Crippen LogP) is 7.83. The molecule has 0 radical (unpaired) electrons. The zero-order valence-electron chi connectivity index (χ0n) is 23.8. The van der Waals surface area contributed by atoms with E-state index in [2.05, 4.69) is 37.8 Å². The van der Waals surface area contributed by atoms with E-state index < -0.39 is 0 Å². The summed E-state index contributed by atoms with van der Waals surface area (Å²) in [7, 11) is 0. The monoisotopic (exact) mass is 530 g/mol. The van der Waals surface area contributed by atoms with Crippen LogP contribution in [0.15, 0.2) is 36.4 Å². The van der Waals surface area contributed by atoms with Crippen LogP contribution >= 0.6 is 0 Å². The molecule has 2 saturated heterocycles. The average molecular weight is 531 g/mol. The van der Waals surface area contributed by atoms with Crippen molar-refractivity contribution in [2.45, 2.75) is 103 Å². The zero-order valence-corrected chi connectivity index (χ0v) is 23.8. The number of carbonyl (C=O) groups is 1. The first-order valence-corrected chi connectivity index (χ1v) is 15.0. The van der Waals surface area contributed by atoms with Gasteiger partial charge in [0, 0.05) is 28.5 Å². The van der Waals surface area contributed by atoms with Crippen molar-refractivity contribution in [2.24, 2.45) is 11.8 Å². The lowest BCUT2D eigenvalue weighted by Gasteiger charge is -2.31. The van der Waals surface area contributed by atoms with Crippen LogP contribution in [0.5, 0.6) is 0 Å². The fourth-order valence-electron chi connectivity index (χ4n) is 5.00. The van der Waals surface area contributed by atoms with Gasteiger partial charge in [-0.15, -0.1) is 0 Å². The maximum absolute atomic E-state index is 11.3. The molecule has 0 aromatic heterocycles. The largest absolute Gasteiger partial charge is 0.462 e. The third kappa shape index (κ3) is 11.2. The standard InChI is InChI=1S/C32H50O6/c1-4-5-6-11-14-26-21-35-31(36-22-26)28-16-18-29(19-17-28)32-37-23-27(24-38-32)15-12-9-7-8-10-13-20-34-30(33)25(2)3/h16-19,26-27,31-32H,2,4-15,20-24H2,1,3H3. The second kappa shape index (κ2) is 17.8. The van der Waals surface area contributed by atoms with E-state index in [1.807, 2.05) is 0 Å². The molecule has 0 atom stereocenters. The number of rotatable bonds is 17. The highest BCUT2D eigenvalue weighted by molar-refractivity contribution is 5.86. The summed E-state index contributed by atoms with van der Waals surface area (Å²) in [4.78, 5) is 11.3. The number of benzene rings is 1. The van der Waals surface area contributed by atoms with Gasteiger partial charge in [-0.2, -0.15) is 0 Å². The Balaban J connectivity index is 1.22. The number of hydrogen-bond acceptors (Lipinski definition) is 6. The van der Waals surface area contributed by atoms with Crippen LogP contribution in [0, 0.1) is 11.8 Å². The number of esters is 1. The minimum Gasteiger partial charge on any atom is -0.462 e. The highest BCUT2D eigenvalue weighted by Gasteiger charge is 2.26. The lowest BCUT2D eigenvalue weighted by molar-refractivity contribution is -0.207. The maximum Gasteiger partial charge on any atom is 0.333 e. The molecule has 0 unspecified atom stereocenters. The molecule has 1 aromatic rings. The zero-order chi connectivity index (χ0) is 27.0. The molecule has 0 bridgehead atoms. The molecule has 0 aliphatic carbocycles. The number of unbranched alkanes of at least 4 members (excludes halogenated alkanes) is 8. The molecule has 6 nitrogen and oxygen atoms in total. The van der Waals surface area contributed by atoms with Crippen LogP contribution in [0.2, 0.25) is 0 Å². The Hall–Kier alpha value is -1.73. The van der Waals surface area contributed by atoms with Gasteiger partial charge in [0.05, 0.1) is 33.0 Å². The topological polar surface area (TPSA) is 63.2 Å². The van der Waals surface area contributed by atoms with Crippen LogP contribution in [-0.2, 0) is 28.5 Å². The van der Waals surface area contributed by atoms with Crippen LogP contribution in [0.3, 0.4) is 0 Å². The third-order valence-electron chi connectivity index (χ3n) is 7.47. The van der Waals surface area contributed by atoms with Crippen LogP contribution in [0.4, 0.5) is 0 Å².